The number of hydrogen-bond acceptors (Lipinski definition) is 4. The van der Waals surface area contributed by atoms with Gasteiger partial charge in [-0.15, -0.1) is 11.3 Å². The van der Waals surface area contributed by atoms with E-state index in [4.69, 9.17) is 5.73 Å². The molecule has 2 atom stereocenters. The highest BCUT2D eigenvalue weighted by atomic mass is 32.1. The van der Waals surface area contributed by atoms with Gasteiger partial charge in [0.25, 0.3) is 0 Å². The Kier molecular flexibility index (Phi) is 5.10. The fourth-order valence-electron chi connectivity index (χ4n) is 3.14. The molecule has 0 unspecified atom stereocenters. The monoisotopic (exact) mass is 329 g/mol. The van der Waals surface area contributed by atoms with Crippen LogP contribution in [0, 0.1) is 5.92 Å². The summed E-state index contributed by atoms with van der Waals surface area (Å²) >= 11 is 1.59. The molecule has 23 heavy (non-hydrogen) atoms. The van der Waals surface area contributed by atoms with Gasteiger partial charge in [-0.1, -0.05) is 37.3 Å². The number of primary amides is 1. The van der Waals surface area contributed by atoms with Gasteiger partial charge < -0.3 is 11.1 Å². The number of likely N-dealkylation sites (tertiary alicyclic amines) is 1. The van der Waals surface area contributed by atoms with Crippen LogP contribution < -0.4 is 11.1 Å². The van der Waals surface area contributed by atoms with Crippen molar-refractivity contribution < 1.29 is 4.79 Å². The van der Waals surface area contributed by atoms with E-state index in [1.807, 2.05) is 11.4 Å². The van der Waals surface area contributed by atoms with Gasteiger partial charge in [-0.2, -0.15) is 0 Å². The van der Waals surface area contributed by atoms with Crippen LogP contribution in [0.4, 0.5) is 0 Å². The number of benzene rings is 1. The van der Waals surface area contributed by atoms with Crippen LogP contribution in [0.2, 0.25) is 0 Å². The number of carbonyl (C=O) groups excluding carboxylic acids is 1. The predicted octanol–water partition coefficient (Wildman–Crippen LogP) is 2.46. The summed E-state index contributed by atoms with van der Waals surface area (Å²) in [5.74, 6) is 0.269. The lowest BCUT2D eigenvalue weighted by atomic mass is 10.1. The molecule has 0 spiro atoms. The number of thiophene rings is 1. The number of nitrogens with zero attached hydrogens (tertiary/aromatic N) is 1. The van der Waals surface area contributed by atoms with Crippen molar-refractivity contribution >= 4 is 17.2 Å². The van der Waals surface area contributed by atoms with E-state index in [1.54, 1.807) is 11.3 Å². The zero-order valence-corrected chi connectivity index (χ0v) is 14.2. The number of nitrogens with one attached hydrogen (secondary N) is 1. The van der Waals surface area contributed by atoms with Crippen molar-refractivity contribution in [2.24, 2.45) is 11.7 Å². The maximum absolute atomic E-state index is 11.1. The lowest BCUT2D eigenvalue weighted by Crippen LogP contribution is -2.34. The van der Waals surface area contributed by atoms with Crippen molar-refractivity contribution in [3.8, 4) is 0 Å². The van der Waals surface area contributed by atoms with Crippen molar-refractivity contribution in [1.82, 2.24) is 10.2 Å². The van der Waals surface area contributed by atoms with Gasteiger partial charge in [-0.25, -0.2) is 0 Å². The van der Waals surface area contributed by atoms with E-state index in [0.717, 1.165) is 31.1 Å². The molecule has 3 rings (SSSR count). The summed E-state index contributed by atoms with van der Waals surface area (Å²) in [4.78, 5) is 14.8. The van der Waals surface area contributed by atoms with Gasteiger partial charge in [0.05, 0.1) is 5.56 Å². The normalized spacial score (nSPS) is 21.6. The van der Waals surface area contributed by atoms with Crippen LogP contribution in [0.3, 0.4) is 0 Å². The van der Waals surface area contributed by atoms with Crippen LogP contribution in [-0.4, -0.2) is 29.9 Å². The van der Waals surface area contributed by atoms with Crippen molar-refractivity contribution in [2.45, 2.75) is 26.1 Å². The molecule has 1 aliphatic heterocycles. The molecule has 1 aromatic heterocycles. The number of carbonyl (C=O) groups is 1. The van der Waals surface area contributed by atoms with Gasteiger partial charge in [-0.3, -0.25) is 9.69 Å². The standard InChI is InChI=1S/C18H23N3OS/c1-13-9-21(10-14-5-3-2-4-6-14)11-17(13)20-8-16-7-15(12-23-16)18(19)22/h2-7,12-13,17,20H,8-11H2,1H3,(H2,19,22)/t13-,17-/m0/s1. The summed E-state index contributed by atoms with van der Waals surface area (Å²) in [6.45, 7) is 6.28. The average Bonchev–Trinajstić information content (AvgIpc) is 3.13. The lowest BCUT2D eigenvalue weighted by Gasteiger charge is -2.17. The van der Waals surface area contributed by atoms with Gasteiger partial charge in [-0.05, 0) is 17.5 Å². The van der Waals surface area contributed by atoms with E-state index in [9.17, 15) is 4.79 Å². The molecule has 0 radical (unpaired) electrons. The highest BCUT2D eigenvalue weighted by Gasteiger charge is 2.29. The van der Waals surface area contributed by atoms with Crippen LogP contribution >= 0.6 is 11.3 Å². The molecule has 4 nitrogen and oxygen atoms in total. The number of hydrogen-bond donors (Lipinski definition) is 2. The van der Waals surface area contributed by atoms with E-state index in [-0.39, 0.29) is 5.91 Å². The minimum Gasteiger partial charge on any atom is -0.366 e. The summed E-state index contributed by atoms with van der Waals surface area (Å²) in [5, 5.41) is 5.46. The molecule has 1 amide bonds. The molecular weight excluding hydrogens is 306 g/mol. The van der Waals surface area contributed by atoms with E-state index in [1.165, 1.54) is 5.56 Å². The quantitative estimate of drug-likeness (QED) is 0.856. The highest BCUT2D eigenvalue weighted by molar-refractivity contribution is 7.10. The molecule has 0 aliphatic carbocycles. The molecule has 0 bridgehead atoms. The van der Waals surface area contributed by atoms with E-state index in [2.05, 4.69) is 47.5 Å². The molecule has 5 heteroatoms. The zero-order valence-electron chi connectivity index (χ0n) is 13.4. The third-order valence-electron chi connectivity index (χ3n) is 4.41. The molecule has 1 aliphatic rings. The lowest BCUT2D eigenvalue weighted by molar-refractivity contribution is 0.100. The van der Waals surface area contributed by atoms with E-state index in [0.29, 0.717) is 17.5 Å². The smallest absolute Gasteiger partial charge is 0.249 e. The highest BCUT2D eigenvalue weighted by Crippen LogP contribution is 2.20. The first-order valence-electron chi connectivity index (χ1n) is 7.98. The molecule has 1 saturated heterocycles. The average molecular weight is 329 g/mol. The molecule has 0 saturated carbocycles. The Balaban J connectivity index is 1.51. The third-order valence-corrected chi connectivity index (χ3v) is 5.35. The van der Waals surface area contributed by atoms with Crippen molar-refractivity contribution in [3.05, 3.63) is 57.8 Å². The number of nitrogens with two attached hydrogens (primary N) is 1. The Morgan fingerprint density at radius 3 is 2.83 bits per heavy atom. The van der Waals surface area contributed by atoms with Crippen LogP contribution in [0.5, 0.6) is 0 Å². The summed E-state index contributed by atoms with van der Waals surface area (Å²) in [5.41, 5.74) is 7.27. The Bertz CT molecular complexity index is 655. The van der Waals surface area contributed by atoms with Gasteiger partial charge in [0.1, 0.15) is 0 Å². The van der Waals surface area contributed by atoms with Crippen LogP contribution in [-0.2, 0) is 13.1 Å². The molecule has 3 N–H and O–H groups in total. The van der Waals surface area contributed by atoms with Crippen LogP contribution in [0.1, 0.15) is 27.7 Å². The third kappa shape index (κ3) is 4.19. The molecule has 2 heterocycles. The number of amides is 1. The van der Waals surface area contributed by atoms with Crippen molar-refractivity contribution in [3.63, 3.8) is 0 Å². The summed E-state index contributed by atoms with van der Waals surface area (Å²) in [7, 11) is 0. The fourth-order valence-corrected chi connectivity index (χ4v) is 3.96. The summed E-state index contributed by atoms with van der Waals surface area (Å²) in [6.07, 6.45) is 0. The van der Waals surface area contributed by atoms with Gasteiger partial charge in [0.2, 0.25) is 5.91 Å². The fraction of sp³-hybridized carbons (Fsp3) is 0.389. The van der Waals surface area contributed by atoms with Gasteiger partial charge in [0, 0.05) is 42.5 Å². The second-order valence-corrected chi connectivity index (χ2v) is 7.31. The van der Waals surface area contributed by atoms with Gasteiger partial charge in [0.15, 0.2) is 0 Å². The van der Waals surface area contributed by atoms with Gasteiger partial charge >= 0.3 is 0 Å². The first kappa shape index (κ1) is 16.2. The summed E-state index contributed by atoms with van der Waals surface area (Å²) in [6, 6.07) is 13.0. The maximum atomic E-state index is 11.1. The maximum Gasteiger partial charge on any atom is 0.249 e. The molecule has 2 aromatic rings. The van der Waals surface area contributed by atoms with Crippen molar-refractivity contribution in [2.75, 3.05) is 13.1 Å². The minimum absolute atomic E-state index is 0.351. The first-order chi connectivity index (χ1) is 11.1. The Hall–Kier alpha value is -1.69. The SMILES string of the molecule is C[C@H]1CN(Cc2ccccc2)C[C@@H]1NCc1cc(C(N)=O)cs1. The zero-order chi connectivity index (χ0) is 16.2. The Morgan fingerprint density at radius 2 is 2.13 bits per heavy atom. The summed E-state index contributed by atoms with van der Waals surface area (Å²) < 4.78 is 0. The molecule has 1 aromatic carbocycles. The second kappa shape index (κ2) is 7.25. The topological polar surface area (TPSA) is 58.4 Å². The molecular formula is C18H23N3OS. The first-order valence-corrected chi connectivity index (χ1v) is 8.86. The minimum atomic E-state index is -0.351. The predicted molar refractivity (Wildman–Crippen MR) is 94.3 cm³/mol. The van der Waals surface area contributed by atoms with E-state index < -0.39 is 0 Å². The van der Waals surface area contributed by atoms with Crippen molar-refractivity contribution in [1.29, 1.82) is 0 Å². The van der Waals surface area contributed by atoms with Crippen LogP contribution in [0.15, 0.2) is 41.8 Å². The Morgan fingerprint density at radius 1 is 1.35 bits per heavy atom. The molecule has 1 fully saturated rings. The Labute approximate surface area is 141 Å². The van der Waals surface area contributed by atoms with Crippen LogP contribution in [0.25, 0.3) is 0 Å². The molecule has 122 valence electrons. The number of rotatable bonds is 6. The largest absolute Gasteiger partial charge is 0.366 e. The second-order valence-electron chi connectivity index (χ2n) is 6.31. The van der Waals surface area contributed by atoms with E-state index >= 15 is 0 Å².